The number of aliphatic imine (C=N–C) groups is 1. The van der Waals surface area contributed by atoms with Crippen LogP contribution in [0, 0.1) is 5.82 Å². The van der Waals surface area contributed by atoms with Crippen molar-refractivity contribution in [1.29, 1.82) is 0 Å². The van der Waals surface area contributed by atoms with Crippen LogP contribution in [0.25, 0.3) is 0 Å². The number of nitrogens with one attached hydrogen (secondary N) is 1. The Kier molecular flexibility index (Phi) is 12.8. The fraction of sp³-hybridized carbons (Fsp3) is 0.235. The third-order valence-electron chi connectivity index (χ3n) is 6.64. The second-order valence-electron chi connectivity index (χ2n) is 10.2. The van der Waals surface area contributed by atoms with Gasteiger partial charge in [-0.25, -0.2) is 14.2 Å². The van der Waals surface area contributed by atoms with Gasteiger partial charge in [-0.05, 0) is 66.9 Å². The fourth-order valence-electron chi connectivity index (χ4n) is 4.31. The van der Waals surface area contributed by atoms with Crippen LogP contribution in [0.2, 0.25) is 5.02 Å². The molecule has 0 saturated carbocycles. The highest BCUT2D eigenvalue weighted by molar-refractivity contribution is 8.14. The number of carbonyl (C=O) groups is 3. The molecule has 1 N–H and O–H groups in total. The number of amides is 3. The van der Waals surface area contributed by atoms with E-state index < -0.39 is 11.9 Å². The van der Waals surface area contributed by atoms with E-state index >= 15 is 0 Å². The summed E-state index contributed by atoms with van der Waals surface area (Å²) in [5.74, 6) is -0.298. The lowest BCUT2D eigenvalue weighted by molar-refractivity contribution is -0.117. The Hall–Kier alpha value is -4.61. The first kappa shape index (κ1) is 34.3. The molecule has 46 heavy (non-hydrogen) atoms. The number of ether oxygens (including phenoxy) is 1. The van der Waals surface area contributed by atoms with Gasteiger partial charge in [-0.3, -0.25) is 19.4 Å². The number of furan rings is 1. The lowest BCUT2D eigenvalue weighted by atomic mass is 10.1. The molecule has 1 heterocycles. The Labute approximate surface area is 276 Å². The van der Waals surface area contributed by atoms with Gasteiger partial charge in [0.25, 0.3) is 0 Å². The molecule has 3 amide bonds. The summed E-state index contributed by atoms with van der Waals surface area (Å²) in [7, 11) is 0. The molecule has 0 saturated heterocycles. The molecule has 0 fully saturated rings. The van der Waals surface area contributed by atoms with Gasteiger partial charge in [-0.2, -0.15) is 0 Å². The maximum absolute atomic E-state index is 13.7. The molecule has 4 aromatic rings. The molecule has 240 valence electrons. The van der Waals surface area contributed by atoms with Crippen molar-refractivity contribution in [1.82, 2.24) is 9.80 Å². The first-order chi connectivity index (χ1) is 22.2. The van der Waals surface area contributed by atoms with E-state index in [1.807, 2.05) is 56.3 Å². The summed E-state index contributed by atoms with van der Waals surface area (Å²) in [6.07, 6.45) is 2.27. The second kappa shape index (κ2) is 17.2. The number of halogens is 2. The average Bonchev–Trinajstić information content (AvgIpc) is 3.57. The summed E-state index contributed by atoms with van der Waals surface area (Å²) in [4.78, 5) is 45.0. The van der Waals surface area contributed by atoms with E-state index in [-0.39, 0.29) is 35.9 Å². The SMILES string of the molecule is CCCN(CC(=O)Nc1ccc(C(C)SC(=Nc2ccc(F)cc2Cl)N(C=O)Cc2ccco2)cc1)C(=O)OCc1ccccc1. The van der Waals surface area contributed by atoms with Gasteiger partial charge in [0.15, 0.2) is 5.17 Å². The van der Waals surface area contributed by atoms with Gasteiger partial charge in [0.1, 0.15) is 24.7 Å². The number of amidine groups is 1. The summed E-state index contributed by atoms with van der Waals surface area (Å²) in [6.45, 7) is 4.34. The predicted octanol–water partition coefficient (Wildman–Crippen LogP) is 8.20. The lowest BCUT2D eigenvalue weighted by Crippen LogP contribution is -2.38. The first-order valence-corrected chi connectivity index (χ1v) is 15.8. The number of anilines is 1. The van der Waals surface area contributed by atoms with E-state index in [1.54, 1.807) is 24.3 Å². The number of thioether (sulfide) groups is 1. The van der Waals surface area contributed by atoms with Gasteiger partial charge >= 0.3 is 6.09 Å². The lowest BCUT2D eigenvalue weighted by Gasteiger charge is -2.22. The molecule has 3 aromatic carbocycles. The quantitative estimate of drug-likeness (QED) is 0.0878. The van der Waals surface area contributed by atoms with Crippen molar-refractivity contribution in [2.24, 2.45) is 4.99 Å². The van der Waals surface area contributed by atoms with E-state index in [0.717, 1.165) is 17.2 Å². The molecule has 0 aliphatic rings. The van der Waals surface area contributed by atoms with Crippen LogP contribution in [0.4, 0.5) is 20.6 Å². The minimum absolute atomic E-state index is 0.108. The zero-order valence-corrected chi connectivity index (χ0v) is 27.0. The number of rotatable bonds is 13. The van der Waals surface area contributed by atoms with Crippen LogP contribution in [0.1, 0.15) is 42.4 Å². The molecule has 1 unspecified atom stereocenters. The Balaban J connectivity index is 1.41. The van der Waals surface area contributed by atoms with Gasteiger partial charge in [0.2, 0.25) is 12.3 Å². The van der Waals surface area contributed by atoms with Crippen LogP contribution < -0.4 is 5.32 Å². The van der Waals surface area contributed by atoms with Crippen LogP contribution in [0.5, 0.6) is 0 Å². The Bertz CT molecular complexity index is 1620. The van der Waals surface area contributed by atoms with Gasteiger partial charge in [0, 0.05) is 17.5 Å². The van der Waals surface area contributed by atoms with Crippen molar-refractivity contribution in [3.63, 3.8) is 0 Å². The Morgan fingerprint density at radius 2 is 1.85 bits per heavy atom. The topological polar surface area (TPSA) is 104 Å². The Morgan fingerprint density at radius 3 is 2.50 bits per heavy atom. The van der Waals surface area contributed by atoms with Crippen molar-refractivity contribution in [2.75, 3.05) is 18.4 Å². The highest BCUT2D eigenvalue weighted by Gasteiger charge is 2.21. The van der Waals surface area contributed by atoms with Crippen LogP contribution in [0.15, 0.2) is 101 Å². The van der Waals surface area contributed by atoms with Gasteiger partial charge in [-0.1, -0.05) is 72.8 Å². The largest absolute Gasteiger partial charge is 0.467 e. The molecule has 0 spiro atoms. The van der Waals surface area contributed by atoms with Gasteiger partial charge < -0.3 is 14.5 Å². The molecule has 1 atom stereocenters. The minimum atomic E-state index is -0.558. The summed E-state index contributed by atoms with van der Waals surface area (Å²) in [5, 5.41) is 3.08. The third-order valence-corrected chi connectivity index (χ3v) is 8.11. The minimum Gasteiger partial charge on any atom is -0.467 e. The van der Waals surface area contributed by atoms with Crippen molar-refractivity contribution >= 4 is 58.3 Å². The summed E-state index contributed by atoms with van der Waals surface area (Å²) in [5.41, 5.74) is 2.61. The number of hydrogen-bond acceptors (Lipinski definition) is 7. The normalized spacial score (nSPS) is 11.9. The van der Waals surface area contributed by atoms with E-state index in [4.69, 9.17) is 20.8 Å². The number of carbonyl (C=O) groups excluding carboxylic acids is 3. The standard InChI is InChI=1S/C34H34ClFN4O5S/c1-3-17-39(34(43)45-22-25-8-5-4-6-9-25)21-32(42)37-28-14-11-26(12-15-28)24(2)46-33(38-31-16-13-27(36)19-30(31)35)40(23-41)20-29-10-7-18-44-29/h4-16,18-19,23-24H,3,17,20-22H2,1-2H3,(H,37,42). The molecule has 0 aliphatic heterocycles. The smallest absolute Gasteiger partial charge is 0.410 e. The van der Waals surface area contributed by atoms with Crippen molar-refractivity contribution in [3.8, 4) is 0 Å². The van der Waals surface area contributed by atoms with E-state index in [1.165, 1.54) is 40.0 Å². The van der Waals surface area contributed by atoms with Gasteiger partial charge in [0.05, 0.1) is 23.5 Å². The maximum Gasteiger partial charge on any atom is 0.410 e. The Morgan fingerprint density at radius 1 is 1.09 bits per heavy atom. The number of nitrogens with zero attached hydrogens (tertiary/aromatic N) is 3. The summed E-state index contributed by atoms with van der Waals surface area (Å²) in [6, 6.07) is 23.9. The molecular formula is C34H34ClFN4O5S. The number of hydrogen-bond donors (Lipinski definition) is 1. The fourth-order valence-corrected chi connectivity index (χ4v) is 5.52. The predicted molar refractivity (Wildman–Crippen MR) is 178 cm³/mol. The van der Waals surface area contributed by atoms with E-state index in [0.29, 0.717) is 41.7 Å². The molecule has 1 aromatic heterocycles. The molecule has 4 rings (SSSR count). The average molecular weight is 665 g/mol. The molecule has 0 radical (unpaired) electrons. The second-order valence-corrected chi connectivity index (χ2v) is 11.9. The van der Waals surface area contributed by atoms with Crippen LogP contribution in [-0.4, -0.2) is 46.5 Å². The molecule has 0 aliphatic carbocycles. The van der Waals surface area contributed by atoms with Crippen LogP contribution in [-0.2, 0) is 27.5 Å². The maximum atomic E-state index is 13.7. The monoisotopic (exact) mass is 664 g/mol. The number of benzene rings is 3. The summed E-state index contributed by atoms with van der Waals surface area (Å²) < 4.78 is 24.5. The highest BCUT2D eigenvalue weighted by atomic mass is 35.5. The van der Waals surface area contributed by atoms with E-state index in [9.17, 15) is 18.8 Å². The summed E-state index contributed by atoms with van der Waals surface area (Å²) >= 11 is 7.54. The highest BCUT2D eigenvalue weighted by Crippen LogP contribution is 2.34. The van der Waals surface area contributed by atoms with Gasteiger partial charge in [-0.15, -0.1) is 0 Å². The molecule has 0 bridgehead atoms. The zero-order chi connectivity index (χ0) is 32.9. The van der Waals surface area contributed by atoms with Crippen LogP contribution >= 0.6 is 23.4 Å². The zero-order valence-electron chi connectivity index (χ0n) is 25.4. The van der Waals surface area contributed by atoms with Crippen molar-refractivity contribution in [2.45, 2.75) is 38.7 Å². The van der Waals surface area contributed by atoms with E-state index in [2.05, 4.69) is 10.3 Å². The molecule has 12 heteroatoms. The van der Waals surface area contributed by atoms with Crippen molar-refractivity contribution in [3.05, 3.63) is 119 Å². The van der Waals surface area contributed by atoms with Crippen LogP contribution in [0.3, 0.4) is 0 Å². The molecular weight excluding hydrogens is 631 g/mol. The van der Waals surface area contributed by atoms with Crippen molar-refractivity contribution < 1.29 is 27.9 Å². The first-order valence-electron chi connectivity index (χ1n) is 14.6. The molecule has 9 nitrogen and oxygen atoms in total. The third kappa shape index (κ3) is 10.2.